The third-order valence-corrected chi connectivity index (χ3v) is 8.91. The van der Waals surface area contributed by atoms with Crippen molar-refractivity contribution in [1.82, 2.24) is 0 Å². The average molecular weight is 501 g/mol. The molecule has 0 atom stereocenters. The van der Waals surface area contributed by atoms with Gasteiger partial charge in [0, 0.05) is 24.6 Å². The molecule has 7 aromatic rings. The number of benzene rings is 6. The topological polar surface area (TPSA) is 0 Å². The zero-order valence-corrected chi connectivity index (χ0v) is 20.1. The summed E-state index contributed by atoms with van der Waals surface area (Å²) in [6.07, 6.45) is 1.01. The lowest BCUT2D eigenvalue weighted by molar-refractivity contribution is 1.27. The first-order valence-electron chi connectivity index (χ1n) is 11.3. The van der Waals surface area contributed by atoms with Gasteiger partial charge in [0.05, 0.1) is 0 Å². The number of hydrogen-bond donors (Lipinski definition) is 0. The normalized spacial score (nSPS) is 12.9. The van der Waals surface area contributed by atoms with Gasteiger partial charge in [-0.3, -0.25) is 0 Å². The van der Waals surface area contributed by atoms with Crippen molar-refractivity contribution in [3.05, 3.63) is 107 Å². The standard InChI is InChI=1S/C31H17BrS/c32-19-9-10-20-17(12-19)11-18-13-28-29-14-26-23-7-3-1-5-21(23)22-6-2-4-8-24(22)27(26)16-31(29)33-30(28)15-25(18)20/h1-10,12-16H,11H2. The minimum Gasteiger partial charge on any atom is -0.135 e. The van der Waals surface area contributed by atoms with E-state index in [0.29, 0.717) is 0 Å². The van der Waals surface area contributed by atoms with Gasteiger partial charge in [0.1, 0.15) is 0 Å². The predicted octanol–water partition coefficient (Wildman–Crippen LogP) is 9.85. The molecule has 154 valence electrons. The Hall–Kier alpha value is -3.20. The first-order chi connectivity index (χ1) is 16.2. The third-order valence-electron chi connectivity index (χ3n) is 7.30. The van der Waals surface area contributed by atoms with Crippen LogP contribution < -0.4 is 0 Å². The van der Waals surface area contributed by atoms with Crippen LogP contribution in [0.3, 0.4) is 0 Å². The van der Waals surface area contributed by atoms with Crippen molar-refractivity contribution in [2.75, 3.05) is 0 Å². The van der Waals surface area contributed by atoms with Crippen LogP contribution in [0.5, 0.6) is 0 Å². The Morgan fingerprint density at radius 2 is 1.06 bits per heavy atom. The Labute approximate surface area is 203 Å². The van der Waals surface area contributed by atoms with E-state index in [1.54, 1.807) is 0 Å². The van der Waals surface area contributed by atoms with Crippen molar-refractivity contribution in [1.29, 1.82) is 0 Å². The maximum Gasteiger partial charge on any atom is 0.0362 e. The van der Waals surface area contributed by atoms with E-state index in [-0.39, 0.29) is 0 Å². The number of fused-ring (bicyclic) bond motifs is 12. The molecule has 0 fully saturated rings. The minimum atomic E-state index is 1.01. The Balaban J connectivity index is 1.50. The van der Waals surface area contributed by atoms with Crippen LogP contribution in [0.4, 0.5) is 0 Å². The van der Waals surface area contributed by atoms with E-state index in [9.17, 15) is 0 Å². The summed E-state index contributed by atoms with van der Waals surface area (Å²) in [7, 11) is 0. The lowest BCUT2D eigenvalue weighted by Gasteiger charge is -2.10. The van der Waals surface area contributed by atoms with E-state index in [1.165, 1.54) is 74.7 Å². The average Bonchev–Trinajstić information content (AvgIpc) is 3.37. The summed E-state index contributed by atoms with van der Waals surface area (Å²) in [5, 5.41) is 10.8. The van der Waals surface area contributed by atoms with Crippen LogP contribution in [-0.2, 0) is 6.42 Å². The van der Waals surface area contributed by atoms with Gasteiger partial charge in [-0.2, -0.15) is 0 Å². The first kappa shape index (κ1) is 18.3. The Bertz CT molecular complexity index is 1960. The summed E-state index contributed by atoms with van der Waals surface area (Å²) in [6, 6.07) is 34.1. The van der Waals surface area contributed by atoms with E-state index < -0.39 is 0 Å². The molecule has 2 heteroatoms. The molecule has 0 aliphatic heterocycles. The summed E-state index contributed by atoms with van der Waals surface area (Å²) in [6.45, 7) is 0. The quantitative estimate of drug-likeness (QED) is 0.181. The van der Waals surface area contributed by atoms with Gasteiger partial charge in [0.15, 0.2) is 0 Å². The molecule has 6 aromatic carbocycles. The smallest absolute Gasteiger partial charge is 0.0362 e. The fourth-order valence-electron chi connectivity index (χ4n) is 5.84. The maximum atomic E-state index is 3.64. The van der Waals surface area contributed by atoms with Gasteiger partial charge in [0.2, 0.25) is 0 Å². The van der Waals surface area contributed by atoms with Crippen LogP contribution >= 0.6 is 27.3 Å². The summed E-state index contributed by atoms with van der Waals surface area (Å²) in [5.74, 6) is 0. The SMILES string of the molecule is Brc1ccc2c(c1)Cc1cc3c(cc1-2)sc1cc2c4ccccc4c4ccccc4c2cc13. The summed E-state index contributed by atoms with van der Waals surface area (Å²) >= 11 is 5.57. The molecule has 8 rings (SSSR count). The van der Waals surface area contributed by atoms with E-state index in [2.05, 4.69) is 107 Å². The highest BCUT2D eigenvalue weighted by Gasteiger charge is 2.21. The van der Waals surface area contributed by atoms with Crippen LogP contribution in [0.25, 0.3) is 63.6 Å². The van der Waals surface area contributed by atoms with E-state index in [4.69, 9.17) is 0 Å². The fourth-order valence-corrected chi connectivity index (χ4v) is 7.39. The monoisotopic (exact) mass is 500 g/mol. The number of halogens is 1. The summed E-state index contributed by atoms with van der Waals surface area (Å²) in [4.78, 5) is 0. The zero-order chi connectivity index (χ0) is 21.7. The number of thiophene rings is 1. The van der Waals surface area contributed by atoms with Gasteiger partial charge in [-0.1, -0.05) is 70.5 Å². The van der Waals surface area contributed by atoms with Crippen molar-refractivity contribution in [3.8, 4) is 11.1 Å². The largest absolute Gasteiger partial charge is 0.135 e. The van der Waals surface area contributed by atoms with Gasteiger partial charge in [-0.15, -0.1) is 11.3 Å². The van der Waals surface area contributed by atoms with Crippen molar-refractivity contribution in [2.24, 2.45) is 0 Å². The lowest BCUT2D eigenvalue weighted by Crippen LogP contribution is -1.83. The van der Waals surface area contributed by atoms with Crippen LogP contribution in [0.2, 0.25) is 0 Å². The molecule has 0 N–H and O–H groups in total. The van der Waals surface area contributed by atoms with Gasteiger partial charge >= 0.3 is 0 Å². The van der Waals surface area contributed by atoms with E-state index in [1.807, 2.05) is 11.3 Å². The van der Waals surface area contributed by atoms with Gasteiger partial charge in [0.25, 0.3) is 0 Å². The highest BCUT2D eigenvalue weighted by molar-refractivity contribution is 9.10. The van der Waals surface area contributed by atoms with Crippen molar-refractivity contribution < 1.29 is 0 Å². The molecular weight excluding hydrogens is 484 g/mol. The first-order valence-corrected chi connectivity index (χ1v) is 12.9. The molecule has 1 aromatic heterocycles. The second kappa shape index (κ2) is 6.44. The fraction of sp³-hybridized carbons (Fsp3) is 0.0323. The molecule has 1 aliphatic rings. The van der Waals surface area contributed by atoms with Crippen molar-refractivity contribution in [3.63, 3.8) is 0 Å². The van der Waals surface area contributed by atoms with Crippen LogP contribution in [0, 0.1) is 0 Å². The van der Waals surface area contributed by atoms with Crippen LogP contribution in [0.1, 0.15) is 11.1 Å². The number of hydrogen-bond acceptors (Lipinski definition) is 1. The molecule has 33 heavy (non-hydrogen) atoms. The van der Waals surface area contributed by atoms with E-state index in [0.717, 1.165) is 10.9 Å². The highest BCUT2D eigenvalue weighted by Crippen LogP contribution is 2.46. The minimum absolute atomic E-state index is 1.01. The second-order valence-corrected chi connectivity index (χ2v) is 11.1. The Morgan fingerprint density at radius 1 is 0.485 bits per heavy atom. The Kier molecular flexibility index (Phi) is 3.56. The molecular formula is C31H17BrS. The third kappa shape index (κ3) is 2.45. The maximum absolute atomic E-state index is 3.64. The lowest BCUT2D eigenvalue weighted by atomic mass is 9.93. The van der Waals surface area contributed by atoms with Gasteiger partial charge in [-0.25, -0.2) is 0 Å². The second-order valence-electron chi connectivity index (χ2n) is 9.07. The summed E-state index contributed by atoms with van der Waals surface area (Å²) in [5.41, 5.74) is 5.65. The van der Waals surface area contributed by atoms with Gasteiger partial charge in [-0.05, 0) is 97.4 Å². The number of rotatable bonds is 0. The molecule has 0 bridgehead atoms. The zero-order valence-electron chi connectivity index (χ0n) is 17.7. The molecule has 0 amide bonds. The van der Waals surface area contributed by atoms with Crippen molar-refractivity contribution in [2.45, 2.75) is 6.42 Å². The molecule has 0 spiro atoms. The molecule has 0 nitrogen and oxygen atoms in total. The molecule has 0 saturated carbocycles. The summed E-state index contributed by atoms with van der Waals surface area (Å²) < 4.78 is 3.91. The Morgan fingerprint density at radius 3 is 1.79 bits per heavy atom. The van der Waals surface area contributed by atoms with Gasteiger partial charge < -0.3 is 0 Å². The predicted molar refractivity (Wildman–Crippen MR) is 148 cm³/mol. The molecule has 0 saturated heterocycles. The molecule has 0 unspecified atom stereocenters. The molecule has 1 aliphatic carbocycles. The van der Waals surface area contributed by atoms with Crippen LogP contribution in [0.15, 0.2) is 95.5 Å². The molecule has 1 heterocycles. The van der Waals surface area contributed by atoms with Crippen molar-refractivity contribution >= 4 is 79.8 Å². The molecule has 0 radical (unpaired) electrons. The highest BCUT2D eigenvalue weighted by atomic mass is 79.9. The van der Waals surface area contributed by atoms with E-state index >= 15 is 0 Å². The van der Waals surface area contributed by atoms with Crippen LogP contribution in [-0.4, -0.2) is 0 Å².